The van der Waals surface area contributed by atoms with Gasteiger partial charge in [-0.3, -0.25) is 0 Å². The highest BCUT2D eigenvalue weighted by molar-refractivity contribution is 6.99. The van der Waals surface area contributed by atoms with Crippen LogP contribution >= 0.6 is 0 Å². The number of epoxide rings is 1. The lowest BCUT2D eigenvalue weighted by molar-refractivity contribution is 0.114. The monoisotopic (exact) mass is 680 g/mol. The number of hydrogen-bond acceptors (Lipinski definition) is 4. The van der Waals surface area contributed by atoms with Gasteiger partial charge in [0.25, 0.3) is 16.6 Å². The van der Waals surface area contributed by atoms with E-state index in [1.807, 2.05) is 72.8 Å². The molecule has 0 saturated carbocycles. The summed E-state index contributed by atoms with van der Waals surface area (Å²) in [5, 5.41) is 3.52. The van der Waals surface area contributed by atoms with Crippen LogP contribution in [0.5, 0.6) is 0 Å². The average molecular weight is 681 g/mol. The van der Waals surface area contributed by atoms with E-state index >= 15 is 0 Å². The molecule has 5 rings (SSSR count). The second kappa shape index (κ2) is 15.4. The zero-order chi connectivity index (χ0) is 34.3. The van der Waals surface area contributed by atoms with E-state index in [0.29, 0.717) is 6.61 Å². The van der Waals surface area contributed by atoms with E-state index in [9.17, 15) is 9.59 Å². The van der Waals surface area contributed by atoms with Crippen LogP contribution in [0.1, 0.15) is 79.6 Å². The molecule has 0 aromatic heterocycles. The molecule has 1 aliphatic heterocycles. The Labute approximate surface area is 291 Å². The van der Waals surface area contributed by atoms with Crippen molar-refractivity contribution < 1.29 is 19.1 Å². The Morgan fingerprint density at radius 3 is 1.40 bits per heavy atom. The second-order valence-electron chi connectivity index (χ2n) is 15.1. The molecule has 4 aromatic carbocycles. The van der Waals surface area contributed by atoms with E-state index in [-0.39, 0.29) is 21.8 Å². The predicted molar refractivity (Wildman–Crippen MR) is 205 cm³/mol. The van der Waals surface area contributed by atoms with Crippen molar-refractivity contribution in [3.63, 3.8) is 0 Å². The predicted octanol–water partition coefficient (Wildman–Crippen LogP) is 6.96. The quantitative estimate of drug-likeness (QED) is 0.0678. The number of hydrogen-bond donors (Lipinski definition) is 2. The fraction of sp³-hybridized carbons (Fsp3) is 0.429. The van der Waals surface area contributed by atoms with Crippen molar-refractivity contribution in [1.29, 1.82) is 0 Å². The van der Waals surface area contributed by atoms with Crippen LogP contribution in [0.15, 0.2) is 121 Å². The standard InChI is InChI=1S/C42H56O4Si2/c1-6-7-33-45-34-39-42(46-39,32-31-41(4,5)48(44,37-25-16-10-17-26-37)38-27-18-11-19-28-38)30-20-29-40(2,3)47(43,35-21-12-8-13-22-35)36-23-14-9-15-24-36/h8-19,21-28,39,43-44H,6-7,20,29-34H2,1-5H3/t39-,42+/m0/s1. The molecule has 0 radical (unpaired) electrons. The molecular weight excluding hydrogens is 625 g/mol. The molecule has 6 heteroatoms. The Hall–Kier alpha value is -2.85. The van der Waals surface area contributed by atoms with Gasteiger partial charge in [-0.15, -0.1) is 0 Å². The molecule has 1 saturated heterocycles. The zero-order valence-electron chi connectivity index (χ0n) is 29.7. The largest absolute Gasteiger partial charge is 0.424 e. The maximum absolute atomic E-state index is 12.8. The van der Waals surface area contributed by atoms with Crippen LogP contribution in [0.25, 0.3) is 0 Å². The summed E-state index contributed by atoms with van der Waals surface area (Å²) in [6, 6.07) is 41.2. The summed E-state index contributed by atoms with van der Waals surface area (Å²) in [6.45, 7) is 12.5. The molecule has 0 spiro atoms. The van der Waals surface area contributed by atoms with Crippen LogP contribution in [0, 0.1) is 0 Å². The lowest BCUT2D eigenvalue weighted by Gasteiger charge is -2.42. The third-order valence-corrected chi connectivity index (χ3v) is 20.2. The Bertz CT molecular complexity index is 1470. The van der Waals surface area contributed by atoms with Gasteiger partial charge >= 0.3 is 0 Å². The minimum atomic E-state index is -3.13. The smallest absolute Gasteiger partial charge is 0.258 e. The highest BCUT2D eigenvalue weighted by Gasteiger charge is 2.58. The summed E-state index contributed by atoms with van der Waals surface area (Å²) < 4.78 is 12.7. The first-order chi connectivity index (χ1) is 23.0. The summed E-state index contributed by atoms with van der Waals surface area (Å²) in [5.41, 5.74) is -0.290. The molecule has 0 aliphatic carbocycles. The Balaban J connectivity index is 1.37. The van der Waals surface area contributed by atoms with Crippen molar-refractivity contribution in [1.82, 2.24) is 0 Å². The summed E-state index contributed by atoms with van der Waals surface area (Å²) in [5.74, 6) is 0. The molecule has 4 aromatic rings. The normalized spacial score (nSPS) is 18.5. The van der Waals surface area contributed by atoms with Crippen LogP contribution in [-0.4, -0.2) is 51.1 Å². The fourth-order valence-corrected chi connectivity index (χ4v) is 15.3. The van der Waals surface area contributed by atoms with Gasteiger partial charge in [0.1, 0.15) is 6.10 Å². The lowest BCUT2D eigenvalue weighted by Crippen LogP contribution is -2.65. The summed E-state index contributed by atoms with van der Waals surface area (Å²) >= 11 is 0. The van der Waals surface area contributed by atoms with Crippen molar-refractivity contribution in [3.8, 4) is 0 Å². The van der Waals surface area contributed by atoms with Crippen molar-refractivity contribution in [2.24, 2.45) is 0 Å². The van der Waals surface area contributed by atoms with Gasteiger partial charge in [-0.2, -0.15) is 0 Å². The van der Waals surface area contributed by atoms with Crippen LogP contribution in [0.4, 0.5) is 0 Å². The van der Waals surface area contributed by atoms with Crippen LogP contribution in [0.3, 0.4) is 0 Å². The highest BCUT2D eigenvalue weighted by atomic mass is 28.4. The van der Waals surface area contributed by atoms with E-state index < -0.39 is 16.6 Å². The average Bonchev–Trinajstić information content (AvgIpc) is 3.82. The number of benzene rings is 4. The maximum atomic E-state index is 12.8. The number of unbranched alkanes of at least 4 members (excludes halogenated alkanes) is 1. The summed E-state index contributed by atoms with van der Waals surface area (Å²) in [7, 11) is -6.23. The van der Waals surface area contributed by atoms with Gasteiger partial charge < -0.3 is 19.1 Å². The molecule has 1 heterocycles. The van der Waals surface area contributed by atoms with Crippen molar-refractivity contribution >= 4 is 37.4 Å². The van der Waals surface area contributed by atoms with Crippen molar-refractivity contribution in [3.05, 3.63) is 121 Å². The summed E-state index contributed by atoms with van der Waals surface area (Å²) in [6.07, 6.45) is 6.62. The topological polar surface area (TPSA) is 62.2 Å². The van der Waals surface area contributed by atoms with Gasteiger partial charge in [0, 0.05) is 6.61 Å². The second-order valence-corrected chi connectivity index (χ2v) is 23.0. The van der Waals surface area contributed by atoms with Crippen molar-refractivity contribution in [2.45, 2.75) is 101 Å². The molecule has 256 valence electrons. The minimum absolute atomic E-state index is 0.0517. The van der Waals surface area contributed by atoms with E-state index in [2.05, 4.69) is 83.1 Å². The van der Waals surface area contributed by atoms with Gasteiger partial charge in [-0.05, 0) is 62.9 Å². The molecule has 1 fully saturated rings. The third-order valence-electron chi connectivity index (χ3n) is 11.1. The molecule has 0 unspecified atom stereocenters. The number of rotatable bonds is 18. The maximum Gasteiger partial charge on any atom is 0.258 e. The first kappa shape index (κ1) is 36.4. The van der Waals surface area contributed by atoms with Crippen LogP contribution < -0.4 is 20.7 Å². The van der Waals surface area contributed by atoms with Crippen LogP contribution in [0.2, 0.25) is 10.1 Å². The number of ether oxygens (including phenoxy) is 2. The third kappa shape index (κ3) is 7.49. The van der Waals surface area contributed by atoms with Crippen molar-refractivity contribution in [2.75, 3.05) is 13.2 Å². The SMILES string of the molecule is CCCCOC[C@@H]1O[C@]1(CCCC(C)(C)[Si](O)(c1ccccc1)c1ccccc1)CCC(C)(C)[Si](O)(c1ccccc1)c1ccccc1. The minimum Gasteiger partial charge on any atom is -0.424 e. The molecular formula is C42H56O4Si2. The first-order valence-electron chi connectivity index (χ1n) is 17.9. The van der Waals surface area contributed by atoms with E-state index in [4.69, 9.17) is 9.47 Å². The fourth-order valence-electron chi connectivity index (χ4n) is 7.77. The Kier molecular flexibility index (Phi) is 11.7. The molecule has 2 N–H and O–H groups in total. The zero-order valence-corrected chi connectivity index (χ0v) is 31.7. The first-order valence-corrected chi connectivity index (χ1v) is 21.8. The molecule has 1 aliphatic rings. The van der Waals surface area contributed by atoms with Gasteiger partial charge in [-0.25, -0.2) is 0 Å². The van der Waals surface area contributed by atoms with E-state index in [1.165, 1.54) is 0 Å². The van der Waals surface area contributed by atoms with Gasteiger partial charge in [0.15, 0.2) is 0 Å². The Morgan fingerprint density at radius 2 is 1.00 bits per heavy atom. The summed E-state index contributed by atoms with van der Waals surface area (Å²) in [4.78, 5) is 25.5. The molecule has 4 nitrogen and oxygen atoms in total. The van der Waals surface area contributed by atoms with E-state index in [0.717, 1.165) is 72.3 Å². The van der Waals surface area contributed by atoms with Gasteiger partial charge in [0.2, 0.25) is 0 Å². The highest BCUT2D eigenvalue weighted by Crippen LogP contribution is 2.51. The van der Waals surface area contributed by atoms with E-state index in [1.54, 1.807) is 0 Å². The van der Waals surface area contributed by atoms with Crippen LogP contribution in [-0.2, 0) is 9.47 Å². The molecule has 2 atom stereocenters. The Morgan fingerprint density at radius 1 is 0.604 bits per heavy atom. The molecule has 48 heavy (non-hydrogen) atoms. The molecule has 0 amide bonds. The van der Waals surface area contributed by atoms with Gasteiger partial charge in [-0.1, -0.05) is 169 Å². The lowest BCUT2D eigenvalue weighted by atomic mass is 9.88. The van der Waals surface area contributed by atoms with Gasteiger partial charge in [0.05, 0.1) is 12.2 Å². The molecule has 0 bridgehead atoms.